The van der Waals surface area contributed by atoms with E-state index in [0.717, 1.165) is 6.07 Å². The lowest BCUT2D eigenvalue weighted by molar-refractivity contribution is -0.385. The third-order valence-corrected chi connectivity index (χ3v) is 3.22. The van der Waals surface area contributed by atoms with Gasteiger partial charge in [0.1, 0.15) is 0 Å². The number of aliphatic hydroxyl groups is 1. The Bertz CT molecular complexity index is 425. The molecule has 0 atom stereocenters. The lowest BCUT2D eigenvalue weighted by Crippen LogP contribution is -2.41. The Hall–Kier alpha value is -1.69. The maximum Gasteiger partial charge on any atom is 0.272 e. The van der Waals surface area contributed by atoms with Gasteiger partial charge in [0.15, 0.2) is 5.82 Å². The molecule has 0 aliphatic heterocycles. The number of nitrogens with zero attached hydrogens (tertiary/aromatic N) is 1. The van der Waals surface area contributed by atoms with E-state index in [0.29, 0.717) is 12.8 Å². The largest absolute Gasteiger partial charge is 0.394 e. The van der Waals surface area contributed by atoms with Gasteiger partial charge in [0.25, 0.3) is 5.69 Å². The van der Waals surface area contributed by atoms with Crippen LogP contribution in [-0.4, -0.2) is 22.2 Å². The summed E-state index contributed by atoms with van der Waals surface area (Å²) in [7, 11) is 0. The fourth-order valence-electron chi connectivity index (χ4n) is 1.69. The van der Waals surface area contributed by atoms with Gasteiger partial charge < -0.3 is 10.4 Å². The minimum atomic E-state index is -0.691. The molecular weight excluding hydrogens is 239 g/mol. The second-order valence-electron chi connectivity index (χ2n) is 4.19. The average molecular weight is 256 g/mol. The Labute approximate surface area is 105 Å². The van der Waals surface area contributed by atoms with Crippen LogP contribution < -0.4 is 5.32 Å². The highest BCUT2D eigenvalue weighted by molar-refractivity contribution is 5.51. The summed E-state index contributed by atoms with van der Waals surface area (Å²) in [6, 6.07) is 3.43. The number of nitro benzene ring substituents is 1. The van der Waals surface area contributed by atoms with Crippen LogP contribution in [0.3, 0.4) is 0 Å². The highest BCUT2D eigenvalue weighted by atomic mass is 19.1. The zero-order chi connectivity index (χ0) is 13.8. The topological polar surface area (TPSA) is 75.4 Å². The summed E-state index contributed by atoms with van der Waals surface area (Å²) >= 11 is 0. The van der Waals surface area contributed by atoms with Gasteiger partial charge in [-0.25, -0.2) is 4.39 Å². The lowest BCUT2D eigenvalue weighted by atomic mass is 9.93. The Morgan fingerprint density at radius 2 is 2.06 bits per heavy atom. The van der Waals surface area contributed by atoms with Crippen molar-refractivity contribution in [2.45, 2.75) is 32.2 Å². The second kappa shape index (κ2) is 5.77. The van der Waals surface area contributed by atoms with Crippen LogP contribution in [0.2, 0.25) is 0 Å². The van der Waals surface area contributed by atoms with Gasteiger partial charge >= 0.3 is 0 Å². The molecule has 0 unspecified atom stereocenters. The van der Waals surface area contributed by atoms with Gasteiger partial charge in [0, 0.05) is 6.07 Å². The van der Waals surface area contributed by atoms with E-state index < -0.39 is 16.3 Å². The average Bonchev–Trinajstić information content (AvgIpc) is 2.38. The molecule has 1 aromatic rings. The molecule has 5 nitrogen and oxygen atoms in total. The minimum absolute atomic E-state index is 0.129. The van der Waals surface area contributed by atoms with Crippen LogP contribution in [-0.2, 0) is 0 Å². The zero-order valence-corrected chi connectivity index (χ0v) is 10.4. The molecule has 0 saturated heterocycles. The van der Waals surface area contributed by atoms with E-state index in [1.165, 1.54) is 12.1 Å². The van der Waals surface area contributed by atoms with Crippen LogP contribution in [0.15, 0.2) is 18.2 Å². The summed E-state index contributed by atoms with van der Waals surface area (Å²) in [5.74, 6) is -0.691. The van der Waals surface area contributed by atoms with Crippen LogP contribution >= 0.6 is 0 Å². The van der Waals surface area contributed by atoms with E-state index in [4.69, 9.17) is 0 Å². The molecule has 0 aliphatic rings. The molecule has 6 heteroatoms. The van der Waals surface area contributed by atoms with Crippen molar-refractivity contribution in [3.8, 4) is 0 Å². The zero-order valence-electron chi connectivity index (χ0n) is 10.4. The molecular formula is C12H17FN2O3. The molecule has 0 radical (unpaired) electrons. The van der Waals surface area contributed by atoms with Gasteiger partial charge in [-0.1, -0.05) is 13.8 Å². The fourth-order valence-corrected chi connectivity index (χ4v) is 1.69. The summed E-state index contributed by atoms with van der Waals surface area (Å²) in [6.07, 6.45) is 1.24. The van der Waals surface area contributed by atoms with Gasteiger partial charge in [0.2, 0.25) is 0 Å². The standard InChI is InChI=1S/C12H17FN2O3/c1-3-12(4-2,8-16)14-11-6-5-9(15(17)18)7-10(11)13/h5-7,14,16H,3-4,8H2,1-2H3. The molecule has 0 aliphatic carbocycles. The number of aliphatic hydroxyl groups excluding tert-OH is 1. The summed E-state index contributed by atoms with van der Waals surface area (Å²) in [4.78, 5) is 9.85. The Balaban J connectivity index is 3.01. The molecule has 1 aromatic carbocycles. The molecule has 0 spiro atoms. The summed E-state index contributed by atoms with van der Waals surface area (Å²) < 4.78 is 13.7. The number of nitro groups is 1. The second-order valence-corrected chi connectivity index (χ2v) is 4.19. The van der Waals surface area contributed by atoms with E-state index in [1.807, 2.05) is 13.8 Å². The minimum Gasteiger partial charge on any atom is -0.394 e. The third kappa shape index (κ3) is 2.95. The van der Waals surface area contributed by atoms with E-state index >= 15 is 0 Å². The predicted molar refractivity (Wildman–Crippen MR) is 67.1 cm³/mol. The summed E-state index contributed by atoms with van der Waals surface area (Å²) in [5.41, 5.74) is -0.726. The predicted octanol–water partition coefficient (Wildman–Crippen LogP) is 2.70. The maximum atomic E-state index is 13.7. The first-order valence-electron chi connectivity index (χ1n) is 5.81. The van der Waals surface area contributed by atoms with E-state index in [9.17, 15) is 19.6 Å². The first kappa shape index (κ1) is 14.4. The summed E-state index contributed by atoms with van der Waals surface area (Å²) in [5, 5.41) is 22.8. The molecule has 2 N–H and O–H groups in total. The number of non-ortho nitro benzene ring substituents is 1. The monoisotopic (exact) mass is 256 g/mol. The molecule has 0 fully saturated rings. The van der Waals surface area contributed by atoms with Crippen molar-refractivity contribution in [3.05, 3.63) is 34.1 Å². The number of rotatable bonds is 6. The highest BCUT2D eigenvalue weighted by Gasteiger charge is 2.26. The van der Waals surface area contributed by atoms with Gasteiger partial charge in [-0.05, 0) is 18.9 Å². The molecule has 0 amide bonds. The van der Waals surface area contributed by atoms with Crippen molar-refractivity contribution in [2.75, 3.05) is 11.9 Å². The van der Waals surface area contributed by atoms with Crippen LogP contribution in [0.25, 0.3) is 0 Å². The van der Waals surface area contributed by atoms with Gasteiger partial charge in [0.05, 0.1) is 28.8 Å². The molecule has 1 rings (SSSR count). The Morgan fingerprint density at radius 1 is 1.44 bits per heavy atom. The Morgan fingerprint density at radius 3 is 2.44 bits per heavy atom. The number of hydrogen-bond acceptors (Lipinski definition) is 4. The summed E-state index contributed by atoms with van der Waals surface area (Å²) in [6.45, 7) is 3.64. The van der Waals surface area contributed by atoms with Crippen LogP contribution in [0, 0.1) is 15.9 Å². The van der Waals surface area contributed by atoms with Gasteiger partial charge in [-0.2, -0.15) is 0 Å². The van der Waals surface area contributed by atoms with Crippen molar-refractivity contribution < 1.29 is 14.4 Å². The van der Waals surface area contributed by atoms with Crippen LogP contribution in [0.5, 0.6) is 0 Å². The van der Waals surface area contributed by atoms with Crippen molar-refractivity contribution in [2.24, 2.45) is 0 Å². The number of anilines is 1. The molecule has 0 saturated carbocycles. The molecule has 0 bridgehead atoms. The normalized spacial score (nSPS) is 11.3. The van der Waals surface area contributed by atoms with E-state index in [1.54, 1.807) is 0 Å². The number of nitrogens with one attached hydrogen (secondary N) is 1. The molecule has 0 aromatic heterocycles. The first-order chi connectivity index (χ1) is 8.48. The smallest absolute Gasteiger partial charge is 0.272 e. The lowest BCUT2D eigenvalue weighted by Gasteiger charge is -2.32. The van der Waals surface area contributed by atoms with Crippen LogP contribution in [0.1, 0.15) is 26.7 Å². The molecule has 18 heavy (non-hydrogen) atoms. The van der Waals surface area contributed by atoms with E-state index in [2.05, 4.69) is 5.32 Å². The van der Waals surface area contributed by atoms with E-state index in [-0.39, 0.29) is 18.0 Å². The van der Waals surface area contributed by atoms with Gasteiger partial charge in [-0.3, -0.25) is 10.1 Å². The number of hydrogen-bond donors (Lipinski definition) is 2. The molecule has 100 valence electrons. The van der Waals surface area contributed by atoms with Crippen molar-refractivity contribution in [3.63, 3.8) is 0 Å². The molecule has 0 heterocycles. The van der Waals surface area contributed by atoms with Crippen molar-refractivity contribution in [1.82, 2.24) is 0 Å². The number of benzene rings is 1. The number of halogens is 1. The first-order valence-corrected chi connectivity index (χ1v) is 5.81. The van der Waals surface area contributed by atoms with Crippen LogP contribution in [0.4, 0.5) is 15.8 Å². The highest BCUT2D eigenvalue weighted by Crippen LogP contribution is 2.26. The third-order valence-electron chi connectivity index (χ3n) is 3.22. The van der Waals surface area contributed by atoms with Gasteiger partial charge in [-0.15, -0.1) is 0 Å². The fraction of sp³-hybridized carbons (Fsp3) is 0.500. The quantitative estimate of drug-likeness (QED) is 0.606. The SMILES string of the molecule is CCC(CC)(CO)Nc1ccc([N+](=O)[O-])cc1F. The Kier molecular flexibility index (Phi) is 4.61. The maximum absolute atomic E-state index is 13.7. The van der Waals surface area contributed by atoms with Crippen molar-refractivity contribution >= 4 is 11.4 Å². The van der Waals surface area contributed by atoms with Crippen molar-refractivity contribution in [1.29, 1.82) is 0 Å².